The number of hydrogen-bond acceptors (Lipinski definition) is 2. The molecule has 2 aromatic heterocycles. The predicted octanol–water partition coefficient (Wildman–Crippen LogP) is 3.79. The van der Waals surface area contributed by atoms with Gasteiger partial charge in [0.25, 0.3) is 0 Å². The standard InChI is InChI=1S/C15H18N2.Ru/c1-3-4-5-13-7-9-17-15(11-13)14-10-12(2)6-8-16-14;/h6-11H,3-5H2,1-2H3;/q;+2. The van der Waals surface area contributed by atoms with Gasteiger partial charge in [-0.2, -0.15) is 0 Å². The molecule has 2 aromatic rings. The molecule has 0 aliphatic rings. The number of unbranched alkanes of at least 4 members (excludes halogenated alkanes) is 1. The monoisotopic (exact) mass is 328 g/mol. The minimum Gasteiger partial charge on any atom is -0.255 e. The Morgan fingerprint density at radius 3 is 2.33 bits per heavy atom. The van der Waals surface area contributed by atoms with E-state index in [1.807, 2.05) is 18.5 Å². The van der Waals surface area contributed by atoms with Crippen LogP contribution in [0.15, 0.2) is 36.7 Å². The third kappa shape index (κ3) is 3.99. The van der Waals surface area contributed by atoms with Crippen LogP contribution in [0.2, 0.25) is 0 Å². The second-order valence-electron chi connectivity index (χ2n) is 4.37. The maximum absolute atomic E-state index is 4.40. The normalized spacial score (nSPS) is 9.89. The maximum atomic E-state index is 4.40. The minimum atomic E-state index is 0. The topological polar surface area (TPSA) is 25.8 Å². The summed E-state index contributed by atoms with van der Waals surface area (Å²) >= 11 is 0. The number of aromatic nitrogens is 2. The molecule has 0 N–H and O–H groups in total. The van der Waals surface area contributed by atoms with E-state index in [0.29, 0.717) is 0 Å². The summed E-state index contributed by atoms with van der Waals surface area (Å²) in [6.45, 7) is 4.29. The van der Waals surface area contributed by atoms with Gasteiger partial charge in [0.05, 0.1) is 11.4 Å². The summed E-state index contributed by atoms with van der Waals surface area (Å²) in [5, 5.41) is 0. The second kappa shape index (κ2) is 7.38. The van der Waals surface area contributed by atoms with Gasteiger partial charge in [-0.3, -0.25) is 9.97 Å². The molecule has 0 radical (unpaired) electrons. The second-order valence-corrected chi connectivity index (χ2v) is 4.37. The van der Waals surface area contributed by atoms with Crippen molar-refractivity contribution in [1.29, 1.82) is 0 Å². The van der Waals surface area contributed by atoms with Crippen LogP contribution in [-0.4, -0.2) is 9.97 Å². The van der Waals surface area contributed by atoms with Crippen LogP contribution in [0.4, 0.5) is 0 Å². The average molecular weight is 327 g/mol. The summed E-state index contributed by atoms with van der Waals surface area (Å²) < 4.78 is 0. The largest absolute Gasteiger partial charge is 2.00 e. The zero-order valence-corrected chi connectivity index (χ0v) is 12.6. The maximum Gasteiger partial charge on any atom is 2.00 e. The van der Waals surface area contributed by atoms with Crippen LogP contribution in [0.3, 0.4) is 0 Å². The summed E-state index contributed by atoms with van der Waals surface area (Å²) in [4.78, 5) is 8.77. The molecule has 0 saturated carbocycles. The summed E-state index contributed by atoms with van der Waals surface area (Å²) in [6.07, 6.45) is 7.29. The van der Waals surface area contributed by atoms with Crippen LogP contribution in [0.5, 0.6) is 0 Å². The van der Waals surface area contributed by atoms with Gasteiger partial charge >= 0.3 is 19.5 Å². The molecule has 18 heavy (non-hydrogen) atoms. The fraction of sp³-hybridized carbons (Fsp3) is 0.333. The summed E-state index contributed by atoms with van der Waals surface area (Å²) in [7, 11) is 0. The van der Waals surface area contributed by atoms with Crippen molar-refractivity contribution in [2.45, 2.75) is 33.1 Å². The Kier molecular flexibility index (Phi) is 6.14. The zero-order valence-electron chi connectivity index (χ0n) is 10.8. The molecular formula is C15H18N2Ru+2. The van der Waals surface area contributed by atoms with E-state index in [4.69, 9.17) is 0 Å². The Morgan fingerprint density at radius 2 is 1.67 bits per heavy atom. The molecule has 2 heterocycles. The Hall–Kier alpha value is -1.08. The van der Waals surface area contributed by atoms with Crippen molar-refractivity contribution in [1.82, 2.24) is 9.97 Å². The predicted molar refractivity (Wildman–Crippen MR) is 70.8 cm³/mol. The SMILES string of the molecule is CCCCc1ccnc(-c2cc(C)ccn2)c1.[Ru+2]. The molecule has 0 aliphatic carbocycles. The van der Waals surface area contributed by atoms with Gasteiger partial charge < -0.3 is 0 Å². The molecular weight excluding hydrogens is 309 g/mol. The zero-order chi connectivity index (χ0) is 12.1. The number of aryl methyl sites for hydroxylation is 2. The first-order valence-electron chi connectivity index (χ1n) is 6.17. The molecule has 0 saturated heterocycles. The van der Waals surface area contributed by atoms with E-state index in [-0.39, 0.29) is 19.5 Å². The van der Waals surface area contributed by atoms with E-state index < -0.39 is 0 Å². The van der Waals surface area contributed by atoms with E-state index in [0.717, 1.165) is 17.8 Å². The van der Waals surface area contributed by atoms with Crippen LogP contribution in [0.25, 0.3) is 11.4 Å². The molecule has 2 rings (SSSR count). The van der Waals surface area contributed by atoms with Crippen LogP contribution >= 0.6 is 0 Å². The number of rotatable bonds is 4. The van der Waals surface area contributed by atoms with Crippen molar-refractivity contribution in [3.05, 3.63) is 47.8 Å². The smallest absolute Gasteiger partial charge is 0.255 e. The van der Waals surface area contributed by atoms with Crippen LogP contribution < -0.4 is 0 Å². The fourth-order valence-corrected chi connectivity index (χ4v) is 1.83. The number of pyridine rings is 2. The van der Waals surface area contributed by atoms with Crippen LogP contribution in [-0.2, 0) is 25.9 Å². The first-order valence-corrected chi connectivity index (χ1v) is 6.17. The van der Waals surface area contributed by atoms with E-state index in [1.165, 1.54) is 24.0 Å². The number of hydrogen-bond donors (Lipinski definition) is 0. The van der Waals surface area contributed by atoms with Gasteiger partial charge in [-0.05, 0) is 55.2 Å². The van der Waals surface area contributed by atoms with Gasteiger partial charge in [-0.15, -0.1) is 0 Å². The van der Waals surface area contributed by atoms with Crippen molar-refractivity contribution >= 4 is 0 Å². The van der Waals surface area contributed by atoms with Crippen molar-refractivity contribution in [2.24, 2.45) is 0 Å². The van der Waals surface area contributed by atoms with Crippen molar-refractivity contribution in [3.63, 3.8) is 0 Å². The molecule has 94 valence electrons. The first kappa shape index (κ1) is 15.0. The molecule has 0 aliphatic heterocycles. The van der Waals surface area contributed by atoms with Crippen LogP contribution in [0.1, 0.15) is 30.9 Å². The van der Waals surface area contributed by atoms with Gasteiger partial charge in [0.2, 0.25) is 0 Å². The van der Waals surface area contributed by atoms with Gasteiger partial charge in [0.1, 0.15) is 0 Å². The molecule has 3 heteroatoms. The molecule has 0 spiro atoms. The van der Waals surface area contributed by atoms with Crippen molar-refractivity contribution in [3.8, 4) is 11.4 Å². The van der Waals surface area contributed by atoms with E-state index in [2.05, 4.69) is 42.0 Å². The van der Waals surface area contributed by atoms with Crippen LogP contribution in [0, 0.1) is 6.92 Å². The van der Waals surface area contributed by atoms with Crippen molar-refractivity contribution in [2.75, 3.05) is 0 Å². The number of nitrogens with zero attached hydrogens (tertiary/aromatic N) is 2. The Morgan fingerprint density at radius 1 is 1.00 bits per heavy atom. The van der Waals surface area contributed by atoms with Gasteiger partial charge in [0, 0.05) is 12.4 Å². The minimum absolute atomic E-state index is 0. The molecule has 2 nitrogen and oxygen atoms in total. The Balaban J connectivity index is 0.00000162. The third-order valence-corrected chi connectivity index (χ3v) is 2.82. The van der Waals surface area contributed by atoms with Gasteiger partial charge in [-0.1, -0.05) is 13.3 Å². The quantitative estimate of drug-likeness (QED) is 0.799. The first-order chi connectivity index (χ1) is 8.29. The van der Waals surface area contributed by atoms with E-state index in [1.54, 1.807) is 0 Å². The molecule has 0 unspecified atom stereocenters. The fourth-order valence-electron chi connectivity index (χ4n) is 1.83. The van der Waals surface area contributed by atoms with Crippen molar-refractivity contribution < 1.29 is 19.5 Å². The Bertz CT molecular complexity index is 497. The summed E-state index contributed by atoms with van der Waals surface area (Å²) in [6, 6.07) is 8.32. The molecule has 0 amide bonds. The summed E-state index contributed by atoms with van der Waals surface area (Å²) in [5.74, 6) is 0. The van der Waals surface area contributed by atoms with E-state index in [9.17, 15) is 0 Å². The molecule has 0 bridgehead atoms. The third-order valence-electron chi connectivity index (χ3n) is 2.82. The average Bonchev–Trinajstić information content (AvgIpc) is 2.37. The Labute approximate surface area is 122 Å². The van der Waals surface area contributed by atoms with Gasteiger partial charge in [-0.25, -0.2) is 0 Å². The summed E-state index contributed by atoms with van der Waals surface area (Å²) in [5.41, 5.74) is 4.50. The molecule has 0 fully saturated rings. The molecule has 0 aromatic carbocycles. The van der Waals surface area contributed by atoms with Gasteiger partial charge in [0.15, 0.2) is 0 Å². The van der Waals surface area contributed by atoms with E-state index >= 15 is 0 Å². The molecule has 0 atom stereocenters.